The van der Waals surface area contributed by atoms with Crippen molar-refractivity contribution in [3.63, 3.8) is 0 Å². The maximum Gasteiger partial charge on any atom is 0.234 e. The minimum atomic E-state index is -0.222. The van der Waals surface area contributed by atoms with Crippen molar-refractivity contribution in [2.45, 2.75) is 19.0 Å². The van der Waals surface area contributed by atoms with E-state index in [0.29, 0.717) is 0 Å². The molecule has 2 heterocycles. The Morgan fingerprint density at radius 2 is 1.75 bits per heavy atom. The predicted octanol–water partition coefficient (Wildman–Crippen LogP) is 4.58. The van der Waals surface area contributed by atoms with Crippen molar-refractivity contribution in [2.75, 3.05) is 6.54 Å². The molecular formula is C23H22N2O3. The highest BCUT2D eigenvalue weighted by Gasteiger charge is 2.19. The summed E-state index contributed by atoms with van der Waals surface area (Å²) in [5.41, 5.74) is 1.86. The number of rotatable bonds is 7. The van der Waals surface area contributed by atoms with Crippen LogP contribution in [0.2, 0.25) is 0 Å². The zero-order chi connectivity index (χ0) is 19.3. The van der Waals surface area contributed by atoms with Gasteiger partial charge in [-0.25, -0.2) is 0 Å². The summed E-state index contributed by atoms with van der Waals surface area (Å²) in [4.78, 5) is 12.5. The van der Waals surface area contributed by atoms with Crippen LogP contribution in [0.5, 0.6) is 0 Å². The summed E-state index contributed by atoms with van der Waals surface area (Å²) in [5.74, 6) is 1.39. The molecule has 0 unspecified atom stereocenters. The molecule has 2 aromatic heterocycles. The summed E-state index contributed by atoms with van der Waals surface area (Å²) >= 11 is 0. The quantitative estimate of drug-likeness (QED) is 0.497. The van der Waals surface area contributed by atoms with E-state index in [0.717, 1.165) is 28.1 Å². The average Bonchev–Trinajstić information content (AvgIpc) is 3.39. The Morgan fingerprint density at radius 3 is 2.50 bits per heavy atom. The number of para-hydroxylation sites is 1. The third-order valence-electron chi connectivity index (χ3n) is 4.68. The Bertz CT molecular complexity index is 1010. The number of carbonyl (C=O) groups excluding carboxylic acids is 1. The number of nitrogens with one attached hydrogen (secondary N) is 2. The molecule has 28 heavy (non-hydrogen) atoms. The van der Waals surface area contributed by atoms with Crippen LogP contribution in [-0.2, 0) is 4.79 Å². The molecule has 0 spiro atoms. The molecule has 0 bridgehead atoms. The Hall–Kier alpha value is -3.31. The summed E-state index contributed by atoms with van der Waals surface area (Å²) in [6.45, 7) is 2.07. The number of hydrogen-bond acceptors (Lipinski definition) is 4. The molecule has 0 saturated carbocycles. The first kappa shape index (κ1) is 18.1. The molecule has 0 aliphatic carbocycles. The van der Waals surface area contributed by atoms with Gasteiger partial charge in [0.15, 0.2) is 0 Å². The van der Waals surface area contributed by atoms with E-state index in [1.54, 1.807) is 6.26 Å². The van der Waals surface area contributed by atoms with E-state index in [2.05, 4.69) is 10.6 Å². The molecule has 4 rings (SSSR count). The SMILES string of the molecule is C[C@@H](NC(=O)CN[C@H](c1ccccc1)c1ccco1)c1cc2ccccc2o1. The number of carbonyl (C=O) groups is 1. The fourth-order valence-corrected chi connectivity index (χ4v) is 3.26. The highest BCUT2D eigenvalue weighted by molar-refractivity contribution is 5.80. The summed E-state index contributed by atoms with van der Waals surface area (Å²) in [6.07, 6.45) is 1.64. The minimum absolute atomic E-state index is 0.111. The van der Waals surface area contributed by atoms with Gasteiger partial charge in [0.25, 0.3) is 0 Å². The minimum Gasteiger partial charge on any atom is -0.467 e. The van der Waals surface area contributed by atoms with Crippen molar-refractivity contribution in [2.24, 2.45) is 0 Å². The smallest absolute Gasteiger partial charge is 0.234 e. The van der Waals surface area contributed by atoms with E-state index < -0.39 is 0 Å². The van der Waals surface area contributed by atoms with E-state index in [4.69, 9.17) is 8.83 Å². The lowest BCUT2D eigenvalue weighted by atomic mass is 10.0. The van der Waals surface area contributed by atoms with Crippen LogP contribution in [0.4, 0.5) is 0 Å². The molecule has 2 atom stereocenters. The molecule has 2 aromatic carbocycles. The first-order chi connectivity index (χ1) is 13.7. The Kier molecular flexibility index (Phi) is 5.26. The van der Waals surface area contributed by atoms with E-state index in [1.807, 2.05) is 79.7 Å². The summed E-state index contributed by atoms with van der Waals surface area (Å²) in [5, 5.41) is 7.30. The third kappa shape index (κ3) is 4.00. The molecule has 0 radical (unpaired) electrons. The molecule has 5 nitrogen and oxygen atoms in total. The normalized spacial score (nSPS) is 13.3. The second-order valence-electron chi connectivity index (χ2n) is 6.72. The number of amides is 1. The van der Waals surface area contributed by atoms with Crippen LogP contribution in [-0.4, -0.2) is 12.5 Å². The third-order valence-corrected chi connectivity index (χ3v) is 4.68. The summed E-state index contributed by atoms with van der Waals surface area (Å²) in [6, 6.07) is 23.0. The van der Waals surface area contributed by atoms with Crippen molar-refractivity contribution >= 4 is 16.9 Å². The van der Waals surface area contributed by atoms with E-state index in [-0.39, 0.29) is 24.5 Å². The van der Waals surface area contributed by atoms with Gasteiger partial charge in [-0.3, -0.25) is 10.1 Å². The molecule has 2 N–H and O–H groups in total. The second kappa shape index (κ2) is 8.15. The van der Waals surface area contributed by atoms with Crippen LogP contribution < -0.4 is 10.6 Å². The molecule has 0 fully saturated rings. The second-order valence-corrected chi connectivity index (χ2v) is 6.72. The van der Waals surface area contributed by atoms with Gasteiger partial charge in [-0.05, 0) is 36.8 Å². The lowest BCUT2D eigenvalue weighted by Crippen LogP contribution is -2.37. The molecule has 5 heteroatoms. The van der Waals surface area contributed by atoms with Crippen molar-refractivity contribution in [1.29, 1.82) is 0 Å². The monoisotopic (exact) mass is 374 g/mol. The highest BCUT2D eigenvalue weighted by Crippen LogP contribution is 2.24. The van der Waals surface area contributed by atoms with Gasteiger partial charge in [0, 0.05) is 5.39 Å². The van der Waals surface area contributed by atoms with Crippen LogP contribution in [0.1, 0.15) is 36.1 Å². The molecular weight excluding hydrogens is 352 g/mol. The van der Waals surface area contributed by atoms with Crippen LogP contribution in [0.15, 0.2) is 87.9 Å². The maximum atomic E-state index is 12.5. The number of fused-ring (bicyclic) bond motifs is 1. The number of furan rings is 2. The first-order valence-corrected chi connectivity index (χ1v) is 9.30. The zero-order valence-corrected chi connectivity index (χ0v) is 15.6. The lowest BCUT2D eigenvalue weighted by Gasteiger charge is -2.18. The van der Waals surface area contributed by atoms with Gasteiger partial charge in [-0.2, -0.15) is 0 Å². The fourth-order valence-electron chi connectivity index (χ4n) is 3.26. The van der Waals surface area contributed by atoms with Crippen LogP contribution >= 0.6 is 0 Å². The molecule has 0 saturated heterocycles. The molecule has 0 aliphatic rings. The topological polar surface area (TPSA) is 67.4 Å². The largest absolute Gasteiger partial charge is 0.467 e. The lowest BCUT2D eigenvalue weighted by molar-refractivity contribution is -0.121. The summed E-state index contributed by atoms with van der Waals surface area (Å²) < 4.78 is 11.4. The van der Waals surface area contributed by atoms with Crippen LogP contribution in [0, 0.1) is 0 Å². The number of benzene rings is 2. The van der Waals surface area contributed by atoms with Gasteiger partial charge in [-0.15, -0.1) is 0 Å². The Morgan fingerprint density at radius 1 is 0.964 bits per heavy atom. The van der Waals surface area contributed by atoms with Gasteiger partial charge in [0.05, 0.1) is 24.9 Å². The van der Waals surface area contributed by atoms with Gasteiger partial charge in [0.2, 0.25) is 5.91 Å². The molecule has 0 aliphatic heterocycles. The summed E-state index contributed by atoms with van der Waals surface area (Å²) in [7, 11) is 0. The predicted molar refractivity (Wildman–Crippen MR) is 108 cm³/mol. The van der Waals surface area contributed by atoms with Crippen molar-refractivity contribution < 1.29 is 13.6 Å². The molecule has 1 amide bonds. The van der Waals surface area contributed by atoms with Crippen molar-refractivity contribution in [3.8, 4) is 0 Å². The van der Waals surface area contributed by atoms with E-state index in [9.17, 15) is 4.79 Å². The standard InChI is InChI=1S/C23H22N2O3/c1-16(21-14-18-10-5-6-11-19(18)28-21)25-22(26)15-24-23(20-12-7-13-27-20)17-8-3-2-4-9-17/h2-14,16,23-24H,15H2,1H3,(H,25,26)/t16-,23-/m1/s1. The highest BCUT2D eigenvalue weighted by atomic mass is 16.3. The maximum absolute atomic E-state index is 12.5. The average molecular weight is 374 g/mol. The van der Waals surface area contributed by atoms with E-state index >= 15 is 0 Å². The van der Waals surface area contributed by atoms with Crippen LogP contribution in [0.25, 0.3) is 11.0 Å². The Balaban J connectivity index is 1.41. The van der Waals surface area contributed by atoms with Crippen molar-refractivity contribution in [1.82, 2.24) is 10.6 Å². The van der Waals surface area contributed by atoms with Crippen LogP contribution in [0.3, 0.4) is 0 Å². The first-order valence-electron chi connectivity index (χ1n) is 9.30. The van der Waals surface area contributed by atoms with Gasteiger partial charge >= 0.3 is 0 Å². The zero-order valence-electron chi connectivity index (χ0n) is 15.6. The fraction of sp³-hybridized carbons (Fsp3) is 0.174. The molecule has 4 aromatic rings. The molecule has 142 valence electrons. The Labute approximate surface area is 163 Å². The van der Waals surface area contributed by atoms with Crippen molar-refractivity contribution in [3.05, 3.63) is 96.1 Å². The van der Waals surface area contributed by atoms with Gasteiger partial charge in [-0.1, -0.05) is 48.5 Å². The number of hydrogen-bond donors (Lipinski definition) is 2. The van der Waals surface area contributed by atoms with E-state index in [1.165, 1.54) is 0 Å². The van der Waals surface area contributed by atoms with Gasteiger partial charge < -0.3 is 14.2 Å². The van der Waals surface area contributed by atoms with Gasteiger partial charge in [0.1, 0.15) is 17.1 Å².